The maximum atomic E-state index is 11.7. The molecule has 4 nitrogen and oxygen atoms in total. The van der Waals surface area contributed by atoms with Gasteiger partial charge in [0.15, 0.2) is 0 Å². The first-order chi connectivity index (χ1) is 7.29. The third-order valence-electron chi connectivity index (χ3n) is 2.52. The van der Waals surface area contributed by atoms with Crippen LogP contribution in [0.15, 0.2) is 9.27 Å². The molecule has 0 aromatic carbocycles. The smallest absolute Gasteiger partial charge is 0.265 e. The summed E-state index contributed by atoms with van der Waals surface area (Å²) in [4.78, 5) is 18.9. The Labute approximate surface area is 104 Å². The Morgan fingerprint density at radius 1 is 1.44 bits per heavy atom. The lowest BCUT2D eigenvalue weighted by molar-refractivity contribution is 0.0110. The van der Waals surface area contributed by atoms with Crippen LogP contribution in [0.3, 0.4) is 0 Å². The summed E-state index contributed by atoms with van der Waals surface area (Å²) in [6.07, 6.45) is 0. The lowest BCUT2D eigenvalue weighted by Crippen LogP contribution is -2.28. The minimum Gasteiger partial charge on any atom is -0.371 e. The molecule has 16 heavy (non-hydrogen) atoms. The van der Waals surface area contributed by atoms with Crippen molar-refractivity contribution in [3.05, 3.63) is 26.3 Å². The molecular weight excluding hydrogens is 272 g/mol. The molecule has 0 spiro atoms. The molecule has 1 heterocycles. The number of nitrogens with one attached hydrogen (secondary N) is 1. The van der Waals surface area contributed by atoms with Crippen LogP contribution in [0.4, 0.5) is 0 Å². The normalized spacial score (nSPS) is 12.2. The van der Waals surface area contributed by atoms with Crippen molar-refractivity contribution in [3.63, 3.8) is 0 Å². The van der Waals surface area contributed by atoms with Gasteiger partial charge in [-0.3, -0.25) is 4.79 Å². The zero-order valence-electron chi connectivity index (χ0n) is 10.2. The van der Waals surface area contributed by atoms with Crippen LogP contribution in [-0.4, -0.2) is 17.1 Å². The average molecular weight is 289 g/mol. The topological polar surface area (TPSA) is 55.0 Å². The van der Waals surface area contributed by atoms with Gasteiger partial charge in [-0.05, 0) is 35.7 Å². The average Bonchev–Trinajstić information content (AvgIpc) is 2.21. The van der Waals surface area contributed by atoms with Gasteiger partial charge in [0.05, 0.1) is 5.69 Å². The summed E-state index contributed by atoms with van der Waals surface area (Å²) < 4.78 is 5.80. The minimum absolute atomic E-state index is 0.168. The minimum atomic E-state index is -0.594. The second kappa shape index (κ2) is 4.67. The highest BCUT2D eigenvalue weighted by atomic mass is 79.9. The molecule has 0 aliphatic carbocycles. The Morgan fingerprint density at radius 3 is 2.44 bits per heavy atom. The van der Waals surface area contributed by atoms with E-state index < -0.39 is 5.60 Å². The molecule has 0 aliphatic heterocycles. The van der Waals surface area contributed by atoms with Crippen LogP contribution in [0.25, 0.3) is 0 Å². The molecule has 0 bridgehead atoms. The van der Waals surface area contributed by atoms with E-state index in [4.69, 9.17) is 4.74 Å². The van der Waals surface area contributed by atoms with Crippen molar-refractivity contribution in [2.45, 2.75) is 39.2 Å². The van der Waals surface area contributed by atoms with E-state index in [0.717, 1.165) is 5.69 Å². The summed E-state index contributed by atoms with van der Waals surface area (Å²) in [6.45, 7) is 7.72. The fraction of sp³-hybridized carbons (Fsp3) is 0.636. The summed E-state index contributed by atoms with van der Waals surface area (Å²) in [5.74, 6) is 0.731. The van der Waals surface area contributed by atoms with Gasteiger partial charge < -0.3 is 9.72 Å². The number of hydrogen-bond acceptors (Lipinski definition) is 3. The number of aromatic amines is 1. The molecule has 1 N–H and O–H groups in total. The Bertz CT molecular complexity index is 438. The van der Waals surface area contributed by atoms with E-state index in [1.165, 1.54) is 0 Å². The molecule has 1 rings (SSSR count). The fourth-order valence-electron chi connectivity index (χ4n) is 1.24. The lowest BCUT2D eigenvalue weighted by Gasteiger charge is -2.22. The zero-order valence-corrected chi connectivity index (χ0v) is 11.8. The molecule has 0 fully saturated rings. The van der Waals surface area contributed by atoms with Crippen LogP contribution < -0.4 is 5.56 Å². The first kappa shape index (κ1) is 13.4. The van der Waals surface area contributed by atoms with Gasteiger partial charge in [-0.1, -0.05) is 13.8 Å². The van der Waals surface area contributed by atoms with Crippen molar-refractivity contribution in [1.82, 2.24) is 9.97 Å². The summed E-state index contributed by atoms with van der Waals surface area (Å²) in [5, 5.41) is 0. The van der Waals surface area contributed by atoms with E-state index in [2.05, 4.69) is 25.9 Å². The van der Waals surface area contributed by atoms with Gasteiger partial charge in [0.1, 0.15) is 15.9 Å². The molecule has 1 aromatic heterocycles. The van der Waals surface area contributed by atoms with Crippen LogP contribution in [0.2, 0.25) is 0 Å². The number of hydrogen-bond donors (Lipinski definition) is 1. The Kier molecular flexibility index (Phi) is 3.91. The van der Waals surface area contributed by atoms with Crippen LogP contribution in [0, 0.1) is 0 Å². The van der Waals surface area contributed by atoms with E-state index in [1.54, 1.807) is 7.11 Å². The highest BCUT2D eigenvalue weighted by molar-refractivity contribution is 9.10. The Hall–Kier alpha value is -0.680. The highest BCUT2D eigenvalue weighted by Crippen LogP contribution is 2.24. The number of aromatic nitrogens is 2. The summed E-state index contributed by atoms with van der Waals surface area (Å²) in [6, 6.07) is 0. The maximum absolute atomic E-state index is 11.7. The third-order valence-corrected chi connectivity index (χ3v) is 3.28. The van der Waals surface area contributed by atoms with Crippen LogP contribution in [0.5, 0.6) is 0 Å². The van der Waals surface area contributed by atoms with Gasteiger partial charge >= 0.3 is 0 Å². The van der Waals surface area contributed by atoms with Crippen molar-refractivity contribution < 1.29 is 4.74 Å². The Morgan fingerprint density at radius 2 is 2.00 bits per heavy atom. The first-order valence-electron chi connectivity index (χ1n) is 5.15. The van der Waals surface area contributed by atoms with E-state index in [9.17, 15) is 4.79 Å². The first-order valence-corrected chi connectivity index (χ1v) is 5.94. The highest BCUT2D eigenvalue weighted by Gasteiger charge is 2.25. The maximum Gasteiger partial charge on any atom is 0.265 e. The van der Waals surface area contributed by atoms with E-state index in [-0.39, 0.29) is 11.5 Å². The monoisotopic (exact) mass is 288 g/mol. The van der Waals surface area contributed by atoms with Gasteiger partial charge in [-0.2, -0.15) is 0 Å². The van der Waals surface area contributed by atoms with Gasteiger partial charge in [0.25, 0.3) is 5.56 Å². The third kappa shape index (κ3) is 2.52. The number of nitrogens with zero attached hydrogens (tertiary/aromatic N) is 1. The number of halogens is 1. The largest absolute Gasteiger partial charge is 0.371 e. The standard InChI is InChI=1S/C11H17BrN2O2/c1-6(2)8-7(12)9(15)14-10(13-8)11(3,4)16-5/h6H,1-5H3,(H,13,14,15). The van der Waals surface area contributed by atoms with Crippen molar-refractivity contribution in [1.29, 1.82) is 0 Å². The van der Waals surface area contributed by atoms with Crippen molar-refractivity contribution in [3.8, 4) is 0 Å². The second-order valence-electron chi connectivity index (χ2n) is 4.48. The zero-order chi connectivity index (χ0) is 12.5. The summed E-state index contributed by atoms with van der Waals surface area (Å²) in [7, 11) is 1.59. The molecule has 0 amide bonds. The molecule has 0 radical (unpaired) electrons. The van der Waals surface area contributed by atoms with E-state index in [0.29, 0.717) is 10.3 Å². The van der Waals surface area contributed by atoms with E-state index in [1.807, 2.05) is 27.7 Å². The SMILES string of the molecule is COC(C)(C)c1nc(C(C)C)c(Br)c(=O)[nH]1. The molecule has 0 saturated heterocycles. The summed E-state index contributed by atoms with van der Waals surface area (Å²) in [5.41, 5.74) is -0.00792. The molecule has 90 valence electrons. The Balaban J connectivity index is 3.41. The second-order valence-corrected chi connectivity index (χ2v) is 5.28. The molecule has 0 aliphatic rings. The van der Waals surface area contributed by atoms with Gasteiger partial charge in [-0.25, -0.2) is 4.98 Å². The van der Waals surface area contributed by atoms with Crippen LogP contribution in [-0.2, 0) is 10.3 Å². The quantitative estimate of drug-likeness (QED) is 0.930. The molecule has 0 saturated carbocycles. The molecule has 1 aromatic rings. The molecular formula is C11H17BrN2O2. The number of methoxy groups -OCH3 is 1. The van der Waals surface area contributed by atoms with E-state index >= 15 is 0 Å². The predicted octanol–water partition coefficient (Wildman–Crippen LogP) is 2.54. The van der Waals surface area contributed by atoms with Gasteiger partial charge in [-0.15, -0.1) is 0 Å². The van der Waals surface area contributed by atoms with Crippen molar-refractivity contribution in [2.75, 3.05) is 7.11 Å². The molecule has 5 heteroatoms. The number of H-pyrrole nitrogens is 1. The van der Waals surface area contributed by atoms with Gasteiger partial charge in [0.2, 0.25) is 0 Å². The fourth-order valence-corrected chi connectivity index (χ4v) is 1.89. The van der Waals surface area contributed by atoms with Gasteiger partial charge in [0, 0.05) is 7.11 Å². The number of rotatable bonds is 3. The molecule has 0 unspecified atom stereocenters. The van der Waals surface area contributed by atoms with Crippen molar-refractivity contribution in [2.24, 2.45) is 0 Å². The predicted molar refractivity (Wildman–Crippen MR) is 66.7 cm³/mol. The van der Waals surface area contributed by atoms with Crippen molar-refractivity contribution >= 4 is 15.9 Å². The lowest BCUT2D eigenvalue weighted by atomic mass is 10.1. The number of ether oxygens (including phenoxy) is 1. The molecule has 0 atom stereocenters. The van der Waals surface area contributed by atoms with Crippen LogP contribution in [0.1, 0.15) is 45.1 Å². The summed E-state index contributed by atoms with van der Waals surface area (Å²) >= 11 is 3.26. The van der Waals surface area contributed by atoms with Crippen LogP contribution >= 0.6 is 15.9 Å².